The quantitative estimate of drug-likeness (QED) is 0.475. The van der Waals surface area contributed by atoms with E-state index in [1.54, 1.807) is 12.1 Å². The minimum absolute atomic E-state index is 0.0243. The molecule has 9 nitrogen and oxygen atoms in total. The van der Waals surface area contributed by atoms with Gasteiger partial charge in [0.05, 0.1) is 6.10 Å². The highest BCUT2D eigenvalue weighted by Gasteiger charge is 2.43. The van der Waals surface area contributed by atoms with Gasteiger partial charge in [0.25, 0.3) is 5.91 Å². The molecule has 0 bridgehead atoms. The van der Waals surface area contributed by atoms with Gasteiger partial charge in [0.2, 0.25) is 6.04 Å². The summed E-state index contributed by atoms with van der Waals surface area (Å²) in [7, 11) is 0. The maximum absolute atomic E-state index is 11.8. The van der Waals surface area contributed by atoms with E-state index in [-0.39, 0.29) is 18.7 Å². The second-order valence-corrected chi connectivity index (χ2v) is 4.65. The van der Waals surface area contributed by atoms with E-state index in [9.17, 15) is 25.1 Å². The minimum atomic E-state index is -1.65. The third-order valence-electron chi connectivity index (χ3n) is 3.18. The third kappa shape index (κ3) is 3.72. The molecule has 9 heteroatoms. The van der Waals surface area contributed by atoms with Gasteiger partial charge in [-0.1, -0.05) is 6.07 Å². The van der Waals surface area contributed by atoms with Gasteiger partial charge in [-0.3, -0.25) is 19.9 Å². The maximum Gasteiger partial charge on any atom is 0.269 e. The number of aliphatic hydroxyl groups excluding tert-OH is 2. The number of carbonyl (C=O) groups excluding carboxylic acids is 1. The Bertz CT molecular complexity index is 511. The number of ether oxygens (including phenoxy) is 1. The molecule has 0 radical (unpaired) electrons. The van der Waals surface area contributed by atoms with Crippen molar-refractivity contribution in [1.82, 2.24) is 10.3 Å². The Hall–Kier alpha value is -2.10. The van der Waals surface area contributed by atoms with Crippen LogP contribution >= 0.6 is 0 Å². The Morgan fingerprint density at radius 3 is 2.90 bits per heavy atom. The summed E-state index contributed by atoms with van der Waals surface area (Å²) in [6, 6.07) is 3.52. The van der Waals surface area contributed by atoms with E-state index in [0.29, 0.717) is 0 Å². The largest absolute Gasteiger partial charge is 0.381 e. The molecule has 1 saturated heterocycles. The van der Waals surface area contributed by atoms with Gasteiger partial charge in [0.1, 0.15) is 5.69 Å². The number of nitro groups is 1. The lowest BCUT2D eigenvalue weighted by Crippen LogP contribution is -2.53. The minimum Gasteiger partial charge on any atom is -0.381 e. The average Bonchev–Trinajstić information content (AvgIpc) is 2.48. The maximum atomic E-state index is 11.8. The molecule has 3 unspecified atom stereocenters. The van der Waals surface area contributed by atoms with Crippen LogP contribution in [-0.2, 0) is 4.74 Å². The van der Waals surface area contributed by atoms with Crippen LogP contribution in [0.25, 0.3) is 0 Å². The Balaban J connectivity index is 1.91. The topological polar surface area (TPSA) is 135 Å². The lowest BCUT2D eigenvalue weighted by molar-refractivity contribution is -0.550. The summed E-state index contributed by atoms with van der Waals surface area (Å²) in [6.45, 7) is -0.0243. The van der Waals surface area contributed by atoms with Crippen molar-refractivity contribution < 1.29 is 24.7 Å². The number of rotatable bonds is 4. The Morgan fingerprint density at radius 1 is 1.52 bits per heavy atom. The SMILES string of the molecule is O=C(NCC1CC([N+](=O)[O-])C(O)[C@H](O)O1)c1ccccn1. The molecular weight excluding hydrogens is 282 g/mol. The van der Waals surface area contributed by atoms with Gasteiger partial charge in [-0.15, -0.1) is 0 Å². The molecule has 1 amide bonds. The third-order valence-corrected chi connectivity index (χ3v) is 3.18. The molecule has 1 aromatic heterocycles. The predicted molar refractivity (Wildman–Crippen MR) is 68.9 cm³/mol. The Kier molecular flexibility index (Phi) is 4.78. The van der Waals surface area contributed by atoms with E-state index in [2.05, 4.69) is 10.3 Å². The fraction of sp³-hybridized carbons (Fsp3) is 0.500. The van der Waals surface area contributed by atoms with E-state index in [1.165, 1.54) is 12.3 Å². The van der Waals surface area contributed by atoms with E-state index in [0.717, 1.165) is 0 Å². The summed E-state index contributed by atoms with van der Waals surface area (Å²) in [5.41, 5.74) is 0.208. The normalized spacial score (nSPS) is 28.9. The molecule has 0 aliphatic carbocycles. The molecule has 0 saturated carbocycles. The van der Waals surface area contributed by atoms with Gasteiger partial charge in [0, 0.05) is 24.1 Å². The van der Waals surface area contributed by atoms with Crippen LogP contribution in [0, 0.1) is 10.1 Å². The van der Waals surface area contributed by atoms with Crippen molar-refractivity contribution in [2.24, 2.45) is 0 Å². The second kappa shape index (κ2) is 6.57. The Morgan fingerprint density at radius 2 is 2.29 bits per heavy atom. The molecule has 0 spiro atoms. The van der Waals surface area contributed by atoms with Gasteiger partial charge in [-0.25, -0.2) is 0 Å². The zero-order valence-electron chi connectivity index (χ0n) is 11.0. The van der Waals surface area contributed by atoms with Crippen LogP contribution in [0.15, 0.2) is 24.4 Å². The first-order chi connectivity index (χ1) is 9.99. The van der Waals surface area contributed by atoms with Gasteiger partial charge in [-0.2, -0.15) is 0 Å². The van der Waals surface area contributed by atoms with Crippen LogP contribution in [0.3, 0.4) is 0 Å². The van der Waals surface area contributed by atoms with Crippen LogP contribution in [0.2, 0.25) is 0 Å². The Labute approximate surface area is 119 Å². The van der Waals surface area contributed by atoms with Crippen molar-refractivity contribution >= 4 is 5.91 Å². The first-order valence-corrected chi connectivity index (χ1v) is 6.33. The molecule has 114 valence electrons. The van der Waals surface area contributed by atoms with Gasteiger partial charge in [-0.05, 0) is 12.1 Å². The van der Waals surface area contributed by atoms with Crippen LogP contribution in [0.5, 0.6) is 0 Å². The molecule has 0 aromatic carbocycles. The lowest BCUT2D eigenvalue weighted by Gasteiger charge is -2.32. The monoisotopic (exact) mass is 297 g/mol. The molecule has 1 fully saturated rings. The van der Waals surface area contributed by atoms with Gasteiger partial charge >= 0.3 is 0 Å². The van der Waals surface area contributed by atoms with Gasteiger partial charge < -0.3 is 20.3 Å². The van der Waals surface area contributed by atoms with Crippen molar-refractivity contribution in [3.8, 4) is 0 Å². The highest BCUT2D eigenvalue weighted by molar-refractivity contribution is 5.92. The molecule has 1 aliphatic rings. The molecule has 21 heavy (non-hydrogen) atoms. The highest BCUT2D eigenvalue weighted by Crippen LogP contribution is 2.20. The van der Waals surface area contributed by atoms with Crippen molar-refractivity contribution in [2.45, 2.75) is 31.0 Å². The lowest BCUT2D eigenvalue weighted by atomic mass is 10.00. The number of nitrogens with zero attached hydrogens (tertiary/aromatic N) is 2. The average molecular weight is 297 g/mol. The first kappa shape index (κ1) is 15.3. The number of aliphatic hydroxyl groups is 2. The fourth-order valence-corrected chi connectivity index (χ4v) is 2.07. The number of nitrogens with one attached hydrogen (secondary N) is 1. The van der Waals surface area contributed by atoms with E-state index < -0.39 is 35.4 Å². The molecule has 4 atom stereocenters. The van der Waals surface area contributed by atoms with Crippen molar-refractivity contribution in [2.75, 3.05) is 6.54 Å². The number of pyridine rings is 1. The van der Waals surface area contributed by atoms with Crippen LogP contribution < -0.4 is 5.32 Å². The highest BCUT2D eigenvalue weighted by atomic mass is 16.6. The molecule has 1 aromatic rings. The molecule has 3 N–H and O–H groups in total. The van der Waals surface area contributed by atoms with Crippen molar-refractivity contribution in [3.63, 3.8) is 0 Å². The number of hydrogen-bond acceptors (Lipinski definition) is 7. The fourth-order valence-electron chi connectivity index (χ4n) is 2.07. The number of aromatic nitrogens is 1. The summed E-state index contributed by atoms with van der Waals surface area (Å²) in [4.78, 5) is 25.8. The summed E-state index contributed by atoms with van der Waals surface area (Å²) >= 11 is 0. The standard InChI is InChI=1S/C12H15N3O6/c16-10-9(15(19)20)5-7(21-12(10)18)6-14-11(17)8-3-1-2-4-13-8/h1-4,7,9-10,12,16,18H,5-6H2,(H,14,17)/t7?,9?,10?,12-/m1/s1. The molecule has 2 heterocycles. The summed E-state index contributed by atoms with van der Waals surface area (Å²) < 4.78 is 5.03. The van der Waals surface area contributed by atoms with Crippen LogP contribution in [0.1, 0.15) is 16.9 Å². The zero-order valence-corrected chi connectivity index (χ0v) is 11.0. The van der Waals surface area contributed by atoms with E-state index in [4.69, 9.17) is 4.74 Å². The summed E-state index contributed by atoms with van der Waals surface area (Å²) in [5.74, 6) is -0.447. The predicted octanol–water partition coefficient (Wildman–Crippen LogP) is -1.08. The number of amides is 1. The summed E-state index contributed by atoms with van der Waals surface area (Å²) in [5, 5.41) is 32.2. The zero-order chi connectivity index (χ0) is 15.4. The summed E-state index contributed by atoms with van der Waals surface area (Å²) in [6.07, 6.45) is -2.62. The smallest absolute Gasteiger partial charge is 0.269 e. The van der Waals surface area contributed by atoms with Crippen LogP contribution in [0.4, 0.5) is 0 Å². The second-order valence-electron chi connectivity index (χ2n) is 4.65. The molecular formula is C12H15N3O6. The molecule has 1 aliphatic heterocycles. The molecule has 2 rings (SSSR count). The van der Waals surface area contributed by atoms with Crippen molar-refractivity contribution in [3.05, 3.63) is 40.2 Å². The first-order valence-electron chi connectivity index (χ1n) is 6.33. The van der Waals surface area contributed by atoms with E-state index in [1.807, 2.05) is 0 Å². The van der Waals surface area contributed by atoms with Crippen molar-refractivity contribution in [1.29, 1.82) is 0 Å². The number of hydrogen-bond donors (Lipinski definition) is 3. The van der Waals surface area contributed by atoms with E-state index >= 15 is 0 Å². The number of carbonyl (C=O) groups is 1. The van der Waals surface area contributed by atoms with Crippen LogP contribution in [-0.4, -0.2) is 57.1 Å². The van der Waals surface area contributed by atoms with Gasteiger partial charge in [0.15, 0.2) is 12.4 Å².